The molecule has 0 aliphatic rings. The molecular formula is C18H16ClN5O. The van der Waals surface area contributed by atoms with Crippen molar-refractivity contribution < 1.29 is 4.79 Å². The third-order valence-corrected chi connectivity index (χ3v) is 3.70. The van der Waals surface area contributed by atoms with Crippen molar-refractivity contribution >= 4 is 23.0 Å². The van der Waals surface area contributed by atoms with Gasteiger partial charge in [-0.15, -0.1) is 5.10 Å². The van der Waals surface area contributed by atoms with Gasteiger partial charge in [-0.1, -0.05) is 41.9 Å². The minimum atomic E-state index is -0.153. The molecule has 0 aliphatic carbocycles. The van der Waals surface area contributed by atoms with Crippen LogP contribution in [0.5, 0.6) is 0 Å². The van der Waals surface area contributed by atoms with Crippen molar-refractivity contribution in [3.63, 3.8) is 0 Å². The molecular weight excluding hydrogens is 338 g/mol. The quantitative estimate of drug-likeness (QED) is 0.521. The summed E-state index contributed by atoms with van der Waals surface area (Å²) in [6, 6.07) is 16.1. The maximum atomic E-state index is 13.0. The predicted octanol–water partition coefficient (Wildman–Crippen LogP) is 3.10. The lowest BCUT2D eigenvalue weighted by atomic mass is 10.0. The molecule has 0 spiro atoms. The Kier molecular flexibility index (Phi) is 4.90. The molecule has 0 fully saturated rings. The molecule has 0 saturated heterocycles. The molecule has 0 bridgehead atoms. The molecule has 25 heavy (non-hydrogen) atoms. The number of halogens is 1. The molecule has 0 atom stereocenters. The van der Waals surface area contributed by atoms with Gasteiger partial charge in [-0.3, -0.25) is 4.79 Å². The number of carbonyl (C=O) groups excluding carboxylic acids is 1. The number of hydrogen-bond donors (Lipinski definition) is 0. The number of allylic oxidation sites excluding steroid dienone is 1. The lowest BCUT2D eigenvalue weighted by molar-refractivity contribution is 0.105. The normalized spacial score (nSPS) is 11.4. The number of ketones is 1. The van der Waals surface area contributed by atoms with Gasteiger partial charge in [-0.05, 0) is 34.7 Å². The van der Waals surface area contributed by atoms with Crippen LogP contribution in [0, 0.1) is 0 Å². The maximum absolute atomic E-state index is 13.0. The van der Waals surface area contributed by atoms with E-state index in [9.17, 15) is 4.79 Å². The molecule has 6 nitrogen and oxygen atoms in total. The molecule has 0 unspecified atom stereocenters. The van der Waals surface area contributed by atoms with Crippen LogP contribution in [0.1, 0.15) is 16.2 Å². The fourth-order valence-corrected chi connectivity index (χ4v) is 2.46. The molecule has 7 heteroatoms. The van der Waals surface area contributed by atoms with Crippen molar-refractivity contribution in [3.8, 4) is 5.69 Å². The monoisotopic (exact) mass is 353 g/mol. The van der Waals surface area contributed by atoms with E-state index in [2.05, 4.69) is 15.5 Å². The number of carbonyl (C=O) groups is 1. The Balaban J connectivity index is 2.09. The predicted molar refractivity (Wildman–Crippen MR) is 96.6 cm³/mol. The van der Waals surface area contributed by atoms with Gasteiger partial charge in [-0.25, -0.2) is 0 Å². The maximum Gasteiger partial charge on any atom is 0.198 e. The first-order chi connectivity index (χ1) is 12.1. The Morgan fingerprint density at radius 3 is 2.40 bits per heavy atom. The summed E-state index contributed by atoms with van der Waals surface area (Å²) < 4.78 is 1.52. The number of benzene rings is 2. The zero-order valence-electron chi connectivity index (χ0n) is 13.8. The van der Waals surface area contributed by atoms with Crippen LogP contribution in [0.15, 0.2) is 60.8 Å². The highest BCUT2D eigenvalue weighted by Crippen LogP contribution is 2.21. The zero-order chi connectivity index (χ0) is 17.8. The van der Waals surface area contributed by atoms with Gasteiger partial charge in [0.2, 0.25) is 0 Å². The number of aromatic nitrogens is 4. The zero-order valence-corrected chi connectivity index (χ0v) is 14.6. The van der Waals surface area contributed by atoms with E-state index in [1.54, 1.807) is 47.5 Å². The van der Waals surface area contributed by atoms with Crippen LogP contribution in [0.3, 0.4) is 0 Å². The van der Waals surface area contributed by atoms with Crippen LogP contribution in [0.2, 0.25) is 5.02 Å². The molecule has 2 aromatic carbocycles. The number of rotatable bonds is 5. The summed E-state index contributed by atoms with van der Waals surface area (Å²) in [5.74, 6) is 0.212. The first kappa shape index (κ1) is 16.9. The highest BCUT2D eigenvalue weighted by Gasteiger charge is 2.21. The van der Waals surface area contributed by atoms with Crippen molar-refractivity contribution in [1.82, 2.24) is 25.1 Å². The van der Waals surface area contributed by atoms with E-state index < -0.39 is 0 Å². The number of hydrogen-bond acceptors (Lipinski definition) is 5. The van der Waals surface area contributed by atoms with Crippen molar-refractivity contribution in [3.05, 3.63) is 77.2 Å². The van der Waals surface area contributed by atoms with Gasteiger partial charge in [0.1, 0.15) is 0 Å². The molecule has 1 heterocycles. The summed E-state index contributed by atoms with van der Waals surface area (Å²) in [5, 5.41) is 12.4. The largest absolute Gasteiger partial charge is 0.383 e. The lowest BCUT2D eigenvalue weighted by Crippen LogP contribution is -2.13. The van der Waals surface area contributed by atoms with Gasteiger partial charge < -0.3 is 4.90 Å². The average molecular weight is 354 g/mol. The van der Waals surface area contributed by atoms with E-state index in [1.807, 2.05) is 32.3 Å². The van der Waals surface area contributed by atoms with Crippen LogP contribution < -0.4 is 0 Å². The summed E-state index contributed by atoms with van der Waals surface area (Å²) in [6.07, 6.45) is 1.72. The highest BCUT2D eigenvalue weighted by molar-refractivity contribution is 6.30. The third kappa shape index (κ3) is 3.75. The van der Waals surface area contributed by atoms with Crippen LogP contribution in [-0.2, 0) is 0 Å². The number of tetrazole rings is 1. The van der Waals surface area contributed by atoms with Gasteiger partial charge in [0.25, 0.3) is 0 Å². The van der Waals surface area contributed by atoms with Crippen molar-refractivity contribution in [2.45, 2.75) is 0 Å². The van der Waals surface area contributed by atoms with E-state index >= 15 is 0 Å². The van der Waals surface area contributed by atoms with Crippen LogP contribution in [-0.4, -0.2) is 45.0 Å². The second-order valence-electron chi connectivity index (χ2n) is 5.59. The van der Waals surface area contributed by atoms with E-state index in [-0.39, 0.29) is 5.78 Å². The average Bonchev–Trinajstić information content (AvgIpc) is 3.10. The Morgan fingerprint density at radius 1 is 1.08 bits per heavy atom. The first-order valence-corrected chi connectivity index (χ1v) is 7.97. The molecule has 3 aromatic rings. The molecule has 1 aromatic heterocycles. The fourth-order valence-electron chi connectivity index (χ4n) is 2.33. The van der Waals surface area contributed by atoms with Gasteiger partial charge in [-0.2, -0.15) is 4.68 Å². The molecule has 0 saturated carbocycles. The van der Waals surface area contributed by atoms with Crippen molar-refractivity contribution in [2.75, 3.05) is 14.1 Å². The SMILES string of the molecule is CN(C)C=C(C(=O)c1ccccc1)c1nnnn1-c1ccc(Cl)cc1. The highest BCUT2D eigenvalue weighted by atomic mass is 35.5. The Labute approximate surface area is 150 Å². The van der Waals surface area contributed by atoms with E-state index in [4.69, 9.17) is 11.6 Å². The molecule has 3 rings (SSSR count). The first-order valence-electron chi connectivity index (χ1n) is 7.59. The smallest absolute Gasteiger partial charge is 0.198 e. The molecule has 126 valence electrons. The summed E-state index contributed by atoms with van der Waals surface area (Å²) >= 11 is 5.94. The molecule has 0 N–H and O–H groups in total. The van der Waals surface area contributed by atoms with Gasteiger partial charge in [0.15, 0.2) is 11.6 Å². The number of Topliss-reactive ketones (excluding diaryl/α,β-unsaturated/α-hetero) is 1. The second kappa shape index (κ2) is 7.27. The molecule has 0 radical (unpaired) electrons. The molecule has 0 amide bonds. The van der Waals surface area contributed by atoms with Gasteiger partial charge >= 0.3 is 0 Å². The van der Waals surface area contributed by atoms with Crippen LogP contribution >= 0.6 is 11.6 Å². The third-order valence-electron chi connectivity index (χ3n) is 3.45. The van der Waals surface area contributed by atoms with Crippen molar-refractivity contribution in [2.24, 2.45) is 0 Å². The minimum Gasteiger partial charge on any atom is -0.383 e. The molecule has 0 aliphatic heterocycles. The second-order valence-corrected chi connectivity index (χ2v) is 6.03. The van der Waals surface area contributed by atoms with E-state index in [0.717, 1.165) is 5.69 Å². The van der Waals surface area contributed by atoms with E-state index in [1.165, 1.54) is 4.68 Å². The van der Waals surface area contributed by atoms with Crippen LogP contribution in [0.4, 0.5) is 0 Å². The summed E-state index contributed by atoms with van der Waals surface area (Å²) in [4.78, 5) is 14.8. The Hall–Kier alpha value is -2.99. The van der Waals surface area contributed by atoms with E-state index in [0.29, 0.717) is 22.0 Å². The summed E-state index contributed by atoms with van der Waals surface area (Å²) in [6.45, 7) is 0. The summed E-state index contributed by atoms with van der Waals surface area (Å²) in [7, 11) is 3.68. The number of nitrogens with zero attached hydrogens (tertiary/aromatic N) is 5. The summed E-state index contributed by atoms with van der Waals surface area (Å²) in [5.41, 5.74) is 1.69. The topological polar surface area (TPSA) is 63.9 Å². The van der Waals surface area contributed by atoms with Crippen LogP contribution in [0.25, 0.3) is 11.3 Å². The van der Waals surface area contributed by atoms with Gasteiger partial charge in [0.05, 0.1) is 11.3 Å². The standard InChI is InChI=1S/C18H16ClN5O/c1-23(2)12-16(17(25)13-6-4-3-5-7-13)18-20-21-22-24(18)15-10-8-14(19)9-11-15/h3-12H,1-2H3. The van der Waals surface area contributed by atoms with Crippen molar-refractivity contribution in [1.29, 1.82) is 0 Å². The minimum absolute atomic E-state index is 0.153. The van der Waals surface area contributed by atoms with Gasteiger partial charge in [0, 0.05) is 30.9 Å². The Bertz CT molecular complexity index is 901. The lowest BCUT2D eigenvalue weighted by Gasteiger charge is -2.12. The fraction of sp³-hybridized carbons (Fsp3) is 0.111. The Morgan fingerprint density at radius 2 is 1.76 bits per heavy atom.